The van der Waals surface area contributed by atoms with E-state index in [0.29, 0.717) is 18.0 Å². The highest BCUT2D eigenvalue weighted by atomic mass is 16.1. The van der Waals surface area contributed by atoms with E-state index in [1.807, 2.05) is 0 Å². The number of aldehydes is 1. The summed E-state index contributed by atoms with van der Waals surface area (Å²) < 4.78 is 0. The molecule has 0 amide bonds. The predicted octanol–water partition coefficient (Wildman–Crippen LogP) is 0.102. The van der Waals surface area contributed by atoms with Gasteiger partial charge < -0.3 is 5.32 Å². The molecule has 0 aromatic rings. The van der Waals surface area contributed by atoms with Crippen molar-refractivity contribution < 1.29 is 4.79 Å². The number of carbonyl (C=O) groups is 1. The first-order valence-electron chi connectivity index (χ1n) is 3.26. The predicted molar refractivity (Wildman–Crippen MR) is 34.0 cm³/mol. The quantitative estimate of drug-likeness (QED) is 0.501. The third-order valence-corrected chi connectivity index (χ3v) is 2.28. The van der Waals surface area contributed by atoms with Crippen molar-refractivity contribution in [1.82, 2.24) is 5.32 Å². The molecule has 0 radical (unpaired) electrons. The Balaban J connectivity index is 2.13. The van der Waals surface area contributed by atoms with Gasteiger partial charge in [0.1, 0.15) is 6.29 Å². The van der Waals surface area contributed by atoms with Crippen LogP contribution in [0.25, 0.3) is 0 Å². The van der Waals surface area contributed by atoms with Crippen LogP contribution in [-0.2, 0) is 4.79 Å². The Morgan fingerprint density at radius 2 is 2.56 bits per heavy atom. The van der Waals surface area contributed by atoms with Crippen molar-refractivity contribution in [2.75, 3.05) is 0 Å². The van der Waals surface area contributed by atoms with Crippen LogP contribution in [-0.4, -0.2) is 18.4 Å². The molecule has 2 unspecified atom stereocenters. The Kier molecular flexibility index (Phi) is 0.833. The van der Waals surface area contributed by atoms with Crippen LogP contribution in [0.15, 0.2) is 11.6 Å². The molecule has 2 heteroatoms. The van der Waals surface area contributed by atoms with E-state index in [4.69, 9.17) is 0 Å². The Morgan fingerprint density at radius 3 is 2.89 bits per heavy atom. The van der Waals surface area contributed by atoms with Crippen molar-refractivity contribution in [3.05, 3.63) is 11.6 Å². The minimum atomic E-state index is 0.414. The van der Waals surface area contributed by atoms with Gasteiger partial charge in [0.25, 0.3) is 0 Å². The Morgan fingerprint density at radius 1 is 1.78 bits per heavy atom. The summed E-state index contributed by atoms with van der Waals surface area (Å²) in [5, 5.41) is 3.24. The minimum Gasteiger partial charge on any atom is -0.306 e. The molecule has 2 aliphatic rings. The molecule has 0 saturated carbocycles. The zero-order chi connectivity index (χ0) is 6.43. The number of nitrogens with one attached hydrogen (secondary N) is 1. The number of carbonyl (C=O) groups excluding carboxylic acids is 1. The summed E-state index contributed by atoms with van der Waals surface area (Å²) in [5.74, 6) is 0.658. The molecule has 9 heavy (non-hydrogen) atoms. The highest BCUT2D eigenvalue weighted by Crippen LogP contribution is 2.36. The normalized spacial score (nSPS) is 45.9. The topological polar surface area (TPSA) is 29.1 Å². The summed E-state index contributed by atoms with van der Waals surface area (Å²) >= 11 is 0. The van der Waals surface area contributed by atoms with Crippen molar-refractivity contribution >= 4 is 6.29 Å². The van der Waals surface area contributed by atoms with Gasteiger partial charge in [-0.05, 0) is 6.92 Å². The standard InChI is InChI=1S/C7H9NO/c1-4-6-2-5(3-9)7(6)8-4/h2-4,6-8H,1H3/t4?,6?,7-/m1/s1. The van der Waals surface area contributed by atoms with Gasteiger partial charge >= 0.3 is 0 Å². The lowest BCUT2D eigenvalue weighted by Crippen LogP contribution is -2.64. The summed E-state index contributed by atoms with van der Waals surface area (Å²) in [7, 11) is 0. The van der Waals surface area contributed by atoms with Gasteiger partial charge in [-0.25, -0.2) is 0 Å². The van der Waals surface area contributed by atoms with Gasteiger partial charge in [-0.15, -0.1) is 0 Å². The van der Waals surface area contributed by atoms with Gasteiger partial charge in [0.2, 0.25) is 0 Å². The average molecular weight is 123 g/mol. The van der Waals surface area contributed by atoms with Crippen LogP contribution in [0.3, 0.4) is 0 Å². The van der Waals surface area contributed by atoms with Crippen LogP contribution >= 0.6 is 0 Å². The lowest BCUT2D eigenvalue weighted by molar-refractivity contribution is -0.106. The molecule has 2 rings (SSSR count). The second-order valence-corrected chi connectivity index (χ2v) is 2.79. The zero-order valence-electron chi connectivity index (χ0n) is 5.29. The van der Waals surface area contributed by atoms with E-state index in [9.17, 15) is 4.79 Å². The van der Waals surface area contributed by atoms with E-state index in [1.54, 1.807) is 0 Å². The monoisotopic (exact) mass is 123 g/mol. The van der Waals surface area contributed by atoms with E-state index in [-0.39, 0.29) is 0 Å². The van der Waals surface area contributed by atoms with Gasteiger partial charge in [-0.3, -0.25) is 4.79 Å². The zero-order valence-corrected chi connectivity index (χ0v) is 5.29. The first-order chi connectivity index (χ1) is 4.33. The molecule has 2 nitrogen and oxygen atoms in total. The highest BCUT2D eigenvalue weighted by Gasteiger charge is 2.44. The molecule has 48 valence electrons. The molecule has 0 spiro atoms. The molecule has 1 saturated heterocycles. The van der Waals surface area contributed by atoms with E-state index < -0.39 is 0 Å². The first-order valence-corrected chi connectivity index (χ1v) is 3.26. The summed E-state index contributed by atoms with van der Waals surface area (Å²) in [4.78, 5) is 10.2. The molecule has 0 aromatic heterocycles. The molecule has 0 bridgehead atoms. The van der Waals surface area contributed by atoms with Crippen LogP contribution in [0.2, 0.25) is 0 Å². The minimum absolute atomic E-state index is 0.414. The second kappa shape index (κ2) is 1.45. The third-order valence-electron chi connectivity index (χ3n) is 2.28. The van der Waals surface area contributed by atoms with Crippen molar-refractivity contribution in [1.29, 1.82) is 0 Å². The Labute approximate surface area is 53.9 Å². The molecule has 0 aromatic carbocycles. The van der Waals surface area contributed by atoms with Crippen LogP contribution < -0.4 is 5.32 Å². The summed E-state index contributed by atoms with van der Waals surface area (Å²) in [6.45, 7) is 2.14. The van der Waals surface area contributed by atoms with Crippen molar-refractivity contribution in [2.45, 2.75) is 19.0 Å². The van der Waals surface area contributed by atoms with Crippen molar-refractivity contribution in [2.24, 2.45) is 5.92 Å². The van der Waals surface area contributed by atoms with Crippen LogP contribution in [0.4, 0.5) is 0 Å². The fraction of sp³-hybridized carbons (Fsp3) is 0.571. The summed E-state index contributed by atoms with van der Waals surface area (Å²) in [5.41, 5.74) is 0.943. The molecule has 1 N–H and O–H groups in total. The van der Waals surface area contributed by atoms with Crippen molar-refractivity contribution in [3.8, 4) is 0 Å². The second-order valence-electron chi connectivity index (χ2n) is 2.79. The maximum Gasteiger partial charge on any atom is 0.147 e. The number of rotatable bonds is 1. The third kappa shape index (κ3) is 0.465. The van der Waals surface area contributed by atoms with Gasteiger partial charge in [0.05, 0.1) is 0 Å². The van der Waals surface area contributed by atoms with Gasteiger partial charge in [0, 0.05) is 23.6 Å². The molecule has 1 aliphatic heterocycles. The molecule has 1 aliphatic carbocycles. The summed E-state index contributed by atoms with van der Waals surface area (Å²) in [6.07, 6.45) is 3.00. The van der Waals surface area contributed by atoms with Crippen LogP contribution in [0.5, 0.6) is 0 Å². The summed E-state index contributed by atoms with van der Waals surface area (Å²) in [6, 6.07) is 1.01. The fourth-order valence-electron chi connectivity index (χ4n) is 1.55. The first kappa shape index (κ1) is 5.18. The molecular weight excluding hydrogens is 114 g/mol. The average Bonchev–Trinajstić information content (AvgIpc) is 1.83. The van der Waals surface area contributed by atoms with E-state index in [0.717, 1.165) is 11.9 Å². The van der Waals surface area contributed by atoms with Gasteiger partial charge in [-0.1, -0.05) is 6.08 Å². The SMILES string of the molecule is CC1N[C@@H]2C(C=O)=CC12. The van der Waals surface area contributed by atoms with Crippen molar-refractivity contribution in [3.63, 3.8) is 0 Å². The van der Waals surface area contributed by atoms with Crippen LogP contribution in [0.1, 0.15) is 6.92 Å². The lowest BCUT2D eigenvalue weighted by atomic mass is 9.70. The Bertz CT molecular complexity index is 185. The van der Waals surface area contributed by atoms with Gasteiger partial charge in [-0.2, -0.15) is 0 Å². The number of hydrogen-bond acceptors (Lipinski definition) is 2. The Hall–Kier alpha value is -0.630. The molecule has 3 atom stereocenters. The highest BCUT2D eigenvalue weighted by molar-refractivity contribution is 5.79. The maximum atomic E-state index is 10.2. The lowest BCUT2D eigenvalue weighted by Gasteiger charge is -2.49. The van der Waals surface area contributed by atoms with E-state index in [2.05, 4.69) is 18.3 Å². The smallest absolute Gasteiger partial charge is 0.147 e. The van der Waals surface area contributed by atoms with E-state index >= 15 is 0 Å². The maximum absolute atomic E-state index is 10.2. The molecule has 1 heterocycles. The van der Waals surface area contributed by atoms with Gasteiger partial charge in [0.15, 0.2) is 0 Å². The molecule has 1 fully saturated rings. The van der Waals surface area contributed by atoms with E-state index in [1.165, 1.54) is 0 Å². The largest absolute Gasteiger partial charge is 0.306 e. The number of fused-ring (bicyclic) bond motifs is 1. The molecular formula is C7H9NO. The fourth-order valence-corrected chi connectivity index (χ4v) is 1.55. The number of hydrogen-bond donors (Lipinski definition) is 1. The van der Waals surface area contributed by atoms with Crippen LogP contribution in [0, 0.1) is 5.92 Å².